The van der Waals surface area contributed by atoms with Crippen LogP contribution >= 0.6 is 0 Å². The molecule has 2 atom stereocenters. The van der Waals surface area contributed by atoms with Crippen LogP contribution in [-0.2, 0) is 4.79 Å². The van der Waals surface area contributed by atoms with E-state index in [1.165, 1.54) is 0 Å². The second-order valence-corrected chi connectivity index (χ2v) is 3.99. The van der Waals surface area contributed by atoms with Crippen LogP contribution in [0.15, 0.2) is 0 Å². The minimum Gasteiger partial charge on any atom is -0.392 e. The normalized spacial score (nSPS) is 14.9. The van der Waals surface area contributed by atoms with Crippen LogP contribution in [-0.4, -0.2) is 41.7 Å². The number of rotatable bonds is 6. The van der Waals surface area contributed by atoms with E-state index in [0.29, 0.717) is 13.0 Å². The van der Waals surface area contributed by atoms with Gasteiger partial charge in [-0.1, -0.05) is 0 Å². The maximum absolute atomic E-state index is 11.4. The van der Waals surface area contributed by atoms with E-state index >= 15 is 0 Å². The van der Waals surface area contributed by atoms with Crippen molar-refractivity contribution >= 4 is 5.91 Å². The lowest BCUT2D eigenvalue weighted by atomic mass is 10.1. The van der Waals surface area contributed by atoms with Gasteiger partial charge in [-0.15, -0.1) is 0 Å². The predicted molar refractivity (Wildman–Crippen MR) is 56.8 cm³/mol. The molecule has 0 aromatic rings. The summed E-state index contributed by atoms with van der Waals surface area (Å²) in [4.78, 5) is 13.0. The summed E-state index contributed by atoms with van der Waals surface area (Å²) in [5.41, 5.74) is 5.57. The highest BCUT2D eigenvalue weighted by atomic mass is 16.3. The summed E-state index contributed by atoms with van der Waals surface area (Å²) in [6, 6.07) is 0.157. The summed E-state index contributed by atoms with van der Waals surface area (Å²) in [7, 11) is 1.71. The Morgan fingerprint density at radius 1 is 1.50 bits per heavy atom. The van der Waals surface area contributed by atoms with Crippen molar-refractivity contribution in [2.75, 3.05) is 13.6 Å². The number of aliphatic hydroxyl groups excluding tert-OH is 1. The Labute approximate surface area is 86.1 Å². The molecule has 0 aliphatic heterocycles. The molecule has 0 rings (SSSR count). The predicted octanol–water partition coefficient (Wildman–Crippen LogP) is 0.343. The van der Waals surface area contributed by atoms with Crippen molar-refractivity contribution in [1.29, 1.82) is 0 Å². The zero-order valence-electron chi connectivity index (χ0n) is 9.36. The van der Waals surface area contributed by atoms with Gasteiger partial charge in [-0.05, 0) is 26.7 Å². The molecule has 14 heavy (non-hydrogen) atoms. The molecular formula is C10H22N2O2. The number of nitrogens with zero attached hydrogens (tertiary/aromatic N) is 1. The molecular weight excluding hydrogens is 180 g/mol. The van der Waals surface area contributed by atoms with Gasteiger partial charge in [-0.25, -0.2) is 0 Å². The SMILES string of the molecule is CC(N)CCCC(=O)N(C)CC(C)O. The molecule has 3 N–H and O–H groups in total. The molecule has 0 saturated carbocycles. The second-order valence-electron chi connectivity index (χ2n) is 3.99. The molecule has 0 aromatic heterocycles. The average Bonchev–Trinajstić information content (AvgIpc) is 2.01. The number of likely N-dealkylation sites (N-methyl/N-ethyl adjacent to an activating group) is 1. The Morgan fingerprint density at radius 2 is 2.07 bits per heavy atom. The summed E-state index contributed by atoms with van der Waals surface area (Å²) in [5.74, 6) is 0.0755. The van der Waals surface area contributed by atoms with Gasteiger partial charge in [0, 0.05) is 26.1 Å². The number of hydrogen-bond donors (Lipinski definition) is 2. The van der Waals surface area contributed by atoms with Crippen molar-refractivity contribution in [2.45, 2.75) is 45.3 Å². The van der Waals surface area contributed by atoms with Crippen LogP contribution in [0.3, 0.4) is 0 Å². The van der Waals surface area contributed by atoms with Crippen molar-refractivity contribution in [3.63, 3.8) is 0 Å². The third kappa shape index (κ3) is 6.86. The summed E-state index contributed by atoms with van der Waals surface area (Å²) in [5, 5.41) is 9.07. The van der Waals surface area contributed by atoms with Gasteiger partial charge in [0.05, 0.1) is 6.10 Å². The largest absolute Gasteiger partial charge is 0.392 e. The van der Waals surface area contributed by atoms with Crippen molar-refractivity contribution < 1.29 is 9.90 Å². The first-order valence-corrected chi connectivity index (χ1v) is 5.11. The van der Waals surface area contributed by atoms with E-state index in [9.17, 15) is 4.79 Å². The van der Waals surface area contributed by atoms with Crippen LogP contribution in [0.25, 0.3) is 0 Å². The standard InChI is InChI=1S/C10H22N2O2/c1-8(11)5-4-6-10(14)12(3)7-9(2)13/h8-9,13H,4-7,11H2,1-3H3. The third-order valence-corrected chi connectivity index (χ3v) is 2.01. The Balaban J connectivity index is 3.62. The first-order chi connectivity index (χ1) is 6.43. The van der Waals surface area contributed by atoms with Crippen molar-refractivity contribution in [3.05, 3.63) is 0 Å². The molecule has 0 aliphatic rings. The lowest BCUT2D eigenvalue weighted by Gasteiger charge is -2.18. The average molecular weight is 202 g/mol. The van der Waals surface area contributed by atoms with Gasteiger partial charge in [0.1, 0.15) is 0 Å². The van der Waals surface area contributed by atoms with E-state index in [2.05, 4.69) is 0 Å². The third-order valence-electron chi connectivity index (χ3n) is 2.01. The number of hydrogen-bond acceptors (Lipinski definition) is 3. The summed E-state index contributed by atoms with van der Waals surface area (Å²) >= 11 is 0. The van der Waals surface area contributed by atoms with Crippen molar-refractivity contribution in [1.82, 2.24) is 4.90 Å². The smallest absolute Gasteiger partial charge is 0.222 e. The van der Waals surface area contributed by atoms with E-state index < -0.39 is 6.10 Å². The lowest BCUT2D eigenvalue weighted by Crippen LogP contribution is -2.33. The number of carbonyl (C=O) groups is 1. The van der Waals surface area contributed by atoms with Gasteiger partial charge < -0.3 is 15.7 Å². The van der Waals surface area contributed by atoms with E-state index in [1.54, 1.807) is 18.9 Å². The minimum atomic E-state index is -0.461. The summed E-state index contributed by atoms with van der Waals surface area (Å²) < 4.78 is 0. The Hall–Kier alpha value is -0.610. The van der Waals surface area contributed by atoms with Crippen molar-refractivity contribution in [2.24, 2.45) is 5.73 Å². The second kappa shape index (κ2) is 6.79. The van der Waals surface area contributed by atoms with Crippen LogP contribution in [0.1, 0.15) is 33.1 Å². The fourth-order valence-electron chi connectivity index (χ4n) is 1.26. The molecule has 0 heterocycles. The molecule has 2 unspecified atom stereocenters. The van der Waals surface area contributed by atoms with Gasteiger partial charge in [0.15, 0.2) is 0 Å². The number of aliphatic hydroxyl groups is 1. The maximum atomic E-state index is 11.4. The molecule has 0 radical (unpaired) electrons. The van der Waals surface area contributed by atoms with E-state index in [0.717, 1.165) is 12.8 Å². The van der Waals surface area contributed by atoms with E-state index in [1.807, 2.05) is 6.92 Å². The van der Waals surface area contributed by atoms with E-state index in [-0.39, 0.29) is 11.9 Å². The first-order valence-electron chi connectivity index (χ1n) is 5.11. The first kappa shape index (κ1) is 13.4. The Morgan fingerprint density at radius 3 is 2.50 bits per heavy atom. The number of amides is 1. The molecule has 84 valence electrons. The zero-order chi connectivity index (χ0) is 11.1. The van der Waals surface area contributed by atoms with Crippen LogP contribution in [0.2, 0.25) is 0 Å². The van der Waals surface area contributed by atoms with Crippen molar-refractivity contribution in [3.8, 4) is 0 Å². The number of nitrogens with two attached hydrogens (primary N) is 1. The monoisotopic (exact) mass is 202 g/mol. The molecule has 1 amide bonds. The highest BCUT2D eigenvalue weighted by Crippen LogP contribution is 2.02. The Kier molecular flexibility index (Phi) is 6.49. The number of carbonyl (C=O) groups excluding carboxylic acids is 1. The minimum absolute atomic E-state index is 0.0755. The molecule has 0 saturated heterocycles. The Bertz CT molecular complexity index is 170. The van der Waals surface area contributed by atoms with Gasteiger partial charge in [0.2, 0.25) is 5.91 Å². The van der Waals surface area contributed by atoms with Gasteiger partial charge in [-0.2, -0.15) is 0 Å². The van der Waals surface area contributed by atoms with E-state index in [4.69, 9.17) is 10.8 Å². The summed E-state index contributed by atoms with van der Waals surface area (Å²) in [6.45, 7) is 4.01. The molecule has 0 aromatic carbocycles. The molecule has 0 fully saturated rings. The van der Waals surface area contributed by atoms with Crippen LogP contribution in [0.5, 0.6) is 0 Å². The fourth-order valence-corrected chi connectivity index (χ4v) is 1.26. The topological polar surface area (TPSA) is 66.6 Å². The molecule has 4 heteroatoms. The maximum Gasteiger partial charge on any atom is 0.222 e. The molecule has 0 bridgehead atoms. The van der Waals surface area contributed by atoms with Crippen LogP contribution < -0.4 is 5.73 Å². The van der Waals surface area contributed by atoms with Gasteiger partial charge in [-0.3, -0.25) is 4.79 Å². The zero-order valence-corrected chi connectivity index (χ0v) is 9.36. The highest BCUT2D eigenvalue weighted by Gasteiger charge is 2.10. The van der Waals surface area contributed by atoms with Gasteiger partial charge in [0.25, 0.3) is 0 Å². The molecule has 4 nitrogen and oxygen atoms in total. The molecule has 0 spiro atoms. The van der Waals surface area contributed by atoms with Crippen LogP contribution in [0.4, 0.5) is 0 Å². The summed E-state index contributed by atoms with van der Waals surface area (Å²) in [6.07, 6.45) is 1.75. The van der Waals surface area contributed by atoms with Gasteiger partial charge >= 0.3 is 0 Å². The quantitative estimate of drug-likeness (QED) is 0.653. The lowest BCUT2D eigenvalue weighted by molar-refractivity contribution is -0.131. The molecule has 0 aliphatic carbocycles. The fraction of sp³-hybridized carbons (Fsp3) is 0.900. The highest BCUT2D eigenvalue weighted by molar-refractivity contribution is 5.75. The van der Waals surface area contributed by atoms with Crippen LogP contribution in [0, 0.1) is 0 Å².